The fraction of sp³-hybridized carbons (Fsp3) is 0.750. The summed E-state index contributed by atoms with van der Waals surface area (Å²) in [6, 6.07) is -1.34. The average Bonchev–Trinajstić information content (AvgIpc) is 3.07. The lowest BCUT2D eigenvalue weighted by Crippen LogP contribution is -2.34. The van der Waals surface area contributed by atoms with E-state index in [1.54, 1.807) is 10.9 Å². The number of ketones is 1. The molecule has 0 saturated heterocycles. The maximum absolute atomic E-state index is 12.8. The topological polar surface area (TPSA) is 132 Å². The number of nitrogens with two attached hydrogens (primary N) is 1. The molecule has 4 N–H and O–H groups in total. The van der Waals surface area contributed by atoms with Crippen molar-refractivity contribution in [1.82, 2.24) is 25.6 Å². The van der Waals surface area contributed by atoms with Gasteiger partial charge in [0.1, 0.15) is 11.7 Å². The summed E-state index contributed by atoms with van der Waals surface area (Å²) >= 11 is 0. The first kappa shape index (κ1) is 24.6. The fourth-order valence-electron chi connectivity index (χ4n) is 2.97. The molecular formula is C20H36N6O3. The van der Waals surface area contributed by atoms with Gasteiger partial charge in [-0.05, 0) is 24.7 Å². The van der Waals surface area contributed by atoms with E-state index in [9.17, 15) is 14.4 Å². The molecule has 29 heavy (non-hydrogen) atoms. The summed E-state index contributed by atoms with van der Waals surface area (Å²) in [4.78, 5) is 35.8. The summed E-state index contributed by atoms with van der Waals surface area (Å²) < 4.78 is 1.58. The summed E-state index contributed by atoms with van der Waals surface area (Å²) in [6.45, 7) is 12.1. The van der Waals surface area contributed by atoms with Gasteiger partial charge in [-0.1, -0.05) is 46.8 Å². The summed E-state index contributed by atoms with van der Waals surface area (Å²) in [6.07, 6.45) is 3.28. The first-order chi connectivity index (χ1) is 13.5. The number of hydrogen-bond acceptors (Lipinski definition) is 5. The second-order valence-electron chi connectivity index (χ2n) is 8.52. The van der Waals surface area contributed by atoms with E-state index in [1.807, 2.05) is 41.5 Å². The lowest BCUT2D eigenvalue weighted by molar-refractivity contribution is -0.125. The van der Waals surface area contributed by atoms with Crippen molar-refractivity contribution in [2.24, 2.45) is 23.5 Å². The van der Waals surface area contributed by atoms with E-state index in [-0.39, 0.29) is 35.5 Å². The summed E-state index contributed by atoms with van der Waals surface area (Å²) in [5, 5.41) is 14.0. The third-order valence-electron chi connectivity index (χ3n) is 4.59. The molecule has 0 unspecified atom stereocenters. The average molecular weight is 409 g/mol. The van der Waals surface area contributed by atoms with Crippen LogP contribution in [-0.2, 0) is 9.59 Å². The second kappa shape index (κ2) is 11.5. The first-order valence-electron chi connectivity index (χ1n) is 10.3. The molecule has 0 aliphatic rings. The molecule has 0 saturated carbocycles. The van der Waals surface area contributed by atoms with Gasteiger partial charge in [0.2, 0.25) is 5.91 Å². The molecule has 3 amide bonds. The Hall–Kier alpha value is -2.45. The van der Waals surface area contributed by atoms with Crippen molar-refractivity contribution in [2.45, 2.75) is 72.9 Å². The van der Waals surface area contributed by atoms with Gasteiger partial charge in [-0.25, -0.2) is 9.48 Å². The van der Waals surface area contributed by atoms with Crippen LogP contribution in [0.1, 0.15) is 78.6 Å². The molecule has 9 nitrogen and oxygen atoms in total. The standard InChI is InChI=1S/C20H36N6O3/c1-12(2)10-17(27)16(8-7-9-22-20(21)29)26-11-15(24-25-26)18(13(3)4)23-19(28)14(5)6/h11-14,16,18H,7-10H2,1-6H3,(H,23,28)(H3,21,22,29)/t16-,18-/m0/s1. The van der Waals surface area contributed by atoms with Crippen molar-refractivity contribution in [3.8, 4) is 0 Å². The molecule has 0 radical (unpaired) electrons. The van der Waals surface area contributed by atoms with Gasteiger partial charge in [0.25, 0.3) is 0 Å². The van der Waals surface area contributed by atoms with Crippen LogP contribution in [0.5, 0.6) is 0 Å². The Kier molecular flexibility index (Phi) is 9.77. The fourth-order valence-corrected chi connectivity index (χ4v) is 2.97. The Morgan fingerprint density at radius 3 is 2.31 bits per heavy atom. The highest BCUT2D eigenvalue weighted by molar-refractivity contribution is 5.82. The molecule has 1 rings (SSSR count). The van der Waals surface area contributed by atoms with Crippen LogP contribution < -0.4 is 16.4 Å². The zero-order chi connectivity index (χ0) is 22.1. The number of hydrogen-bond donors (Lipinski definition) is 3. The van der Waals surface area contributed by atoms with Gasteiger partial charge < -0.3 is 16.4 Å². The van der Waals surface area contributed by atoms with Crippen LogP contribution >= 0.6 is 0 Å². The second-order valence-corrected chi connectivity index (χ2v) is 8.52. The minimum Gasteiger partial charge on any atom is -0.352 e. The Morgan fingerprint density at radius 1 is 1.14 bits per heavy atom. The normalized spacial score (nSPS) is 13.6. The van der Waals surface area contributed by atoms with Crippen LogP contribution in [0.15, 0.2) is 6.20 Å². The van der Waals surface area contributed by atoms with E-state index < -0.39 is 12.1 Å². The predicted octanol–water partition coefficient (Wildman–Crippen LogP) is 2.35. The molecule has 1 aromatic heterocycles. The maximum atomic E-state index is 12.8. The first-order valence-corrected chi connectivity index (χ1v) is 10.3. The van der Waals surface area contributed by atoms with E-state index >= 15 is 0 Å². The molecule has 0 spiro atoms. The summed E-state index contributed by atoms with van der Waals surface area (Å²) in [7, 11) is 0. The van der Waals surface area contributed by atoms with Crippen LogP contribution in [0.2, 0.25) is 0 Å². The van der Waals surface area contributed by atoms with Gasteiger partial charge in [-0.2, -0.15) is 0 Å². The number of urea groups is 1. The monoisotopic (exact) mass is 408 g/mol. The zero-order valence-electron chi connectivity index (χ0n) is 18.4. The third kappa shape index (κ3) is 8.21. The van der Waals surface area contributed by atoms with Crippen LogP contribution in [0.25, 0.3) is 0 Å². The van der Waals surface area contributed by atoms with Crippen molar-refractivity contribution in [1.29, 1.82) is 0 Å². The van der Waals surface area contributed by atoms with E-state index in [4.69, 9.17) is 5.73 Å². The number of carbonyl (C=O) groups is 3. The van der Waals surface area contributed by atoms with Gasteiger partial charge in [0, 0.05) is 18.9 Å². The molecule has 0 fully saturated rings. The molecule has 0 aliphatic heterocycles. The molecule has 0 bridgehead atoms. The van der Waals surface area contributed by atoms with Gasteiger partial charge >= 0.3 is 6.03 Å². The number of primary amides is 1. The van der Waals surface area contributed by atoms with Crippen molar-refractivity contribution in [3.05, 3.63) is 11.9 Å². The zero-order valence-corrected chi connectivity index (χ0v) is 18.4. The molecule has 9 heteroatoms. The van der Waals surface area contributed by atoms with Crippen molar-refractivity contribution >= 4 is 17.7 Å². The Balaban J connectivity index is 3.00. The number of nitrogens with one attached hydrogen (secondary N) is 2. The minimum atomic E-state index is -0.584. The molecular weight excluding hydrogens is 372 g/mol. The molecule has 164 valence electrons. The smallest absolute Gasteiger partial charge is 0.312 e. The summed E-state index contributed by atoms with van der Waals surface area (Å²) in [5.41, 5.74) is 5.72. The van der Waals surface area contributed by atoms with Crippen LogP contribution in [0, 0.1) is 17.8 Å². The van der Waals surface area contributed by atoms with Gasteiger partial charge in [0.05, 0.1) is 12.2 Å². The Labute approximate surface area is 173 Å². The van der Waals surface area contributed by atoms with E-state index in [0.717, 1.165) is 0 Å². The molecule has 1 heterocycles. The number of nitrogens with zero attached hydrogens (tertiary/aromatic N) is 3. The SMILES string of the molecule is CC(C)CC(=O)[C@H](CCCNC(N)=O)n1cc([C@@H](NC(=O)C(C)C)C(C)C)nn1. The highest BCUT2D eigenvalue weighted by atomic mass is 16.2. The van der Waals surface area contributed by atoms with E-state index in [2.05, 4.69) is 20.9 Å². The maximum Gasteiger partial charge on any atom is 0.312 e. The van der Waals surface area contributed by atoms with Crippen LogP contribution in [-0.4, -0.2) is 39.3 Å². The van der Waals surface area contributed by atoms with Crippen molar-refractivity contribution in [3.63, 3.8) is 0 Å². The lowest BCUT2D eigenvalue weighted by Gasteiger charge is -2.21. The highest BCUT2D eigenvalue weighted by Crippen LogP contribution is 2.23. The van der Waals surface area contributed by atoms with Crippen molar-refractivity contribution in [2.75, 3.05) is 6.54 Å². The predicted molar refractivity (Wildman–Crippen MR) is 111 cm³/mol. The molecule has 1 aromatic rings. The third-order valence-corrected chi connectivity index (χ3v) is 4.59. The number of amides is 3. The van der Waals surface area contributed by atoms with Gasteiger partial charge in [0.15, 0.2) is 5.78 Å². The Bertz CT molecular complexity index is 684. The lowest BCUT2D eigenvalue weighted by atomic mass is 9.98. The van der Waals surface area contributed by atoms with Crippen molar-refractivity contribution < 1.29 is 14.4 Å². The van der Waals surface area contributed by atoms with Gasteiger partial charge in [-0.15, -0.1) is 5.10 Å². The van der Waals surface area contributed by atoms with Gasteiger partial charge in [-0.3, -0.25) is 9.59 Å². The highest BCUT2D eigenvalue weighted by Gasteiger charge is 2.26. The number of aromatic nitrogens is 3. The molecule has 2 atom stereocenters. The minimum absolute atomic E-state index is 0.0526. The Morgan fingerprint density at radius 2 is 1.79 bits per heavy atom. The van der Waals surface area contributed by atoms with E-state index in [1.165, 1.54) is 0 Å². The van der Waals surface area contributed by atoms with Crippen LogP contribution in [0.4, 0.5) is 4.79 Å². The van der Waals surface area contributed by atoms with E-state index in [0.29, 0.717) is 31.5 Å². The summed E-state index contributed by atoms with van der Waals surface area (Å²) in [5.74, 6) is 0.230. The molecule has 0 aliphatic carbocycles. The quantitative estimate of drug-likeness (QED) is 0.457. The number of Topliss-reactive ketones (excluding diaryl/α,β-unsaturated/α-hetero) is 1. The molecule has 0 aromatic carbocycles. The number of carbonyl (C=O) groups excluding carboxylic acids is 3. The largest absolute Gasteiger partial charge is 0.352 e. The van der Waals surface area contributed by atoms with Crippen LogP contribution in [0.3, 0.4) is 0 Å². The number of rotatable bonds is 12.